The van der Waals surface area contributed by atoms with Crippen LogP contribution in [0.3, 0.4) is 0 Å². The lowest BCUT2D eigenvalue weighted by Crippen LogP contribution is -2.49. The van der Waals surface area contributed by atoms with Gasteiger partial charge in [-0.1, -0.05) is 0 Å². The summed E-state index contributed by atoms with van der Waals surface area (Å²) in [6.45, 7) is 0. The third-order valence-corrected chi connectivity index (χ3v) is 2.69. The zero-order valence-electron chi connectivity index (χ0n) is 8.79. The Morgan fingerprint density at radius 1 is 1.53 bits per heavy atom. The Morgan fingerprint density at radius 3 is 2.82 bits per heavy atom. The first kappa shape index (κ1) is 11.3. The maximum atomic E-state index is 11.8. The van der Waals surface area contributed by atoms with E-state index in [1.165, 1.54) is 12.3 Å². The molecule has 0 radical (unpaired) electrons. The molecule has 0 saturated carbocycles. The number of hydrogen-bond acceptors (Lipinski definition) is 5. The van der Waals surface area contributed by atoms with Gasteiger partial charge in [-0.25, -0.2) is 0 Å². The van der Waals surface area contributed by atoms with Crippen LogP contribution in [0.5, 0.6) is 0 Å². The minimum atomic E-state index is -1.09. The van der Waals surface area contributed by atoms with Crippen molar-refractivity contribution in [3.05, 3.63) is 34.3 Å². The number of Topliss-reactive ketones (excluding diaryl/α,β-unsaturated/α-hetero) is 1. The standard InChI is InChI=1S/C10H10N2O5/c13-9(7-2-1-5-17-7)6-3-4-8(12(15)16)11-10(6)14/h1-2,5-6,8H,3-4H2,(H,11,14). The normalized spacial score (nSPS) is 24.1. The molecule has 0 aromatic carbocycles. The molecule has 1 saturated heterocycles. The number of hydrogen-bond donors (Lipinski definition) is 1. The number of carbonyl (C=O) groups excluding carboxylic acids is 2. The molecule has 7 heteroatoms. The summed E-state index contributed by atoms with van der Waals surface area (Å²) in [5.74, 6) is -1.84. The van der Waals surface area contributed by atoms with Gasteiger partial charge in [-0.2, -0.15) is 0 Å². The van der Waals surface area contributed by atoms with E-state index >= 15 is 0 Å². The average molecular weight is 238 g/mol. The number of rotatable bonds is 3. The third-order valence-electron chi connectivity index (χ3n) is 2.69. The van der Waals surface area contributed by atoms with Crippen molar-refractivity contribution in [2.75, 3.05) is 0 Å². The van der Waals surface area contributed by atoms with E-state index in [1.54, 1.807) is 6.07 Å². The zero-order chi connectivity index (χ0) is 12.4. The maximum absolute atomic E-state index is 11.8. The number of ketones is 1. The van der Waals surface area contributed by atoms with Gasteiger partial charge in [0, 0.05) is 11.3 Å². The van der Waals surface area contributed by atoms with E-state index in [-0.39, 0.29) is 18.6 Å². The van der Waals surface area contributed by atoms with Gasteiger partial charge >= 0.3 is 0 Å². The van der Waals surface area contributed by atoms with Crippen molar-refractivity contribution in [1.29, 1.82) is 0 Å². The average Bonchev–Trinajstić information content (AvgIpc) is 2.81. The first-order valence-corrected chi connectivity index (χ1v) is 5.11. The first-order valence-electron chi connectivity index (χ1n) is 5.11. The summed E-state index contributed by atoms with van der Waals surface area (Å²) in [5.41, 5.74) is 0. The molecule has 1 amide bonds. The van der Waals surface area contributed by atoms with Gasteiger partial charge in [-0.05, 0) is 18.6 Å². The van der Waals surface area contributed by atoms with Crippen molar-refractivity contribution >= 4 is 11.7 Å². The summed E-state index contributed by atoms with van der Waals surface area (Å²) in [4.78, 5) is 33.3. The Bertz CT molecular complexity index is 453. The lowest BCUT2D eigenvalue weighted by Gasteiger charge is -2.22. The van der Waals surface area contributed by atoms with Crippen molar-refractivity contribution in [2.45, 2.75) is 19.0 Å². The van der Waals surface area contributed by atoms with Gasteiger partial charge in [-0.3, -0.25) is 25.0 Å². The van der Waals surface area contributed by atoms with Crippen molar-refractivity contribution in [3.8, 4) is 0 Å². The van der Waals surface area contributed by atoms with Gasteiger partial charge in [-0.15, -0.1) is 0 Å². The number of carbonyl (C=O) groups is 2. The van der Waals surface area contributed by atoms with Gasteiger partial charge in [0.15, 0.2) is 5.76 Å². The van der Waals surface area contributed by atoms with E-state index in [4.69, 9.17) is 4.42 Å². The van der Waals surface area contributed by atoms with Crippen LogP contribution >= 0.6 is 0 Å². The van der Waals surface area contributed by atoms with Gasteiger partial charge in [0.05, 0.1) is 6.26 Å². The van der Waals surface area contributed by atoms with E-state index in [2.05, 4.69) is 5.32 Å². The van der Waals surface area contributed by atoms with Gasteiger partial charge in [0.2, 0.25) is 11.7 Å². The Balaban J connectivity index is 2.07. The number of nitrogens with zero attached hydrogens (tertiary/aromatic N) is 1. The highest BCUT2D eigenvalue weighted by atomic mass is 16.6. The van der Waals surface area contributed by atoms with E-state index in [9.17, 15) is 19.7 Å². The maximum Gasteiger partial charge on any atom is 0.286 e. The molecule has 0 spiro atoms. The molecule has 0 aliphatic carbocycles. The predicted molar refractivity (Wildman–Crippen MR) is 54.7 cm³/mol. The molecule has 0 bridgehead atoms. The van der Waals surface area contributed by atoms with Crippen molar-refractivity contribution in [2.24, 2.45) is 5.92 Å². The lowest BCUT2D eigenvalue weighted by atomic mass is 9.92. The summed E-state index contributed by atoms with van der Waals surface area (Å²) >= 11 is 0. The second-order valence-corrected chi connectivity index (χ2v) is 3.78. The van der Waals surface area contributed by atoms with E-state index in [1.807, 2.05) is 0 Å². The second kappa shape index (κ2) is 4.36. The van der Waals surface area contributed by atoms with Crippen LogP contribution in [-0.4, -0.2) is 22.8 Å². The minimum absolute atomic E-state index is 0.102. The molecule has 1 fully saturated rings. The number of piperidine rings is 1. The van der Waals surface area contributed by atoms with Crippen molar-refractivity contribution in [3.63, 3.8) is 0 Å². The van der Waals surface area contributed by atoms with Gasteiger partial charge in [0.25, 0.3) is 6.17 Å². The molecule has 2 unspecified atom stereocenters. The highest BCUT2D eigenvalue weighted by molar-refractivity contribution is 6.08. The van der Waals surface area contributed by atoms with Crippen LogP contribution in [0.4, 0.5) is 0 Å². The van der Waals surface area contributed by atoms with Crippen LogP contribution in [0.1, 0.15) is 23.4 Å². The van der Waals surface area contributed by atoms with Crippen LogP contribution in [0, 0.1) is 16.0 Å². The lowest BCUT2D eigenvalue weighted by molar-refractivity contribution is -0.529. The fourth-order valence-electron chi connectivity index (χ4n) is 1.79. The van der Waals surface area contributed by atoms with E-state index in [0.717, 1.165) is 0 Å². The molecular weight excluding hydrogens is 228 g/mol. The predicted octanol–water partition coefficient (Wildman–Crippen LogP) is 0.591. The number of furan rings is 1. The van der Waals surface area contributed by atoms with Crippen LogP contribution in [0.15, 0.2) is 22.8 Å². The largest absolute Gasteiger partial charge is 0.461 e. The molecule has 2 rings (SSSR count). The molecule has 2 heterocycles. The van der Waals surface area contributed by atoms with Crippen LogP contribution in [0.25, 0.3) is 0 Å². The fourth-order valence-corrected chi connectivity index (χ4v) is 1.79. The number of amides is 1. The molecule has 1 N–H and O–H groups in total. The topological polar surface area (TPSA) is 102 Å². The molecule has 90 valence electrons. The molecule has 17 heavy (non-hydrogen) atoms. The fraction of sp³-hybridized carbons (Fsp3) is 0.400. The summed E-state index contributed by atoms with van der Waals surface area (Å²) in [5, 5.41) is 12.7. The SMILES string of the molecule is O=C1NC([N+](=O)[O-])CCC1C(=O)c1ccco1. The smallest absolute Gasteiger partial charge is 0.286 e. The molecule has 1 aliphatic rings. The Morgan fingerprint density at radius 2 is 2.29 bits per heavy atom. The van der Waals surface area contributed by atoms with E-state index in [0.29, 0.717) is 0 Å². The summed E-state index contributed by atoms with van der Waals surface area (Å²) < 4.78 is 4.91. The van der Waals surface area contributed by atoms with Crippen molar-refractivity contribution < 1.29 is 18.9 Å². The molecule has 1 aromatic heterocycles. The summed E-state index contributed by atoms with van der Waals surface area (Å²) in [6, 6.07) is 3.02. The third kappa shape index (κ3) is 2.17. The summed E-state index contributed by atoms with van der Waals surface area (Å²) in [6.07, 6.45) is 0.559. The van der Waals surface area contributed by atoms with Crippen LogP contribution in [-0.2, 0) is 4.79 Å². The Hall–Kier alpha value is -2.18. The first-order chi connectivity index (χ1) is 8.09. The van der Waals surface area contributed by atoms with Gasteiger partial charge < -0.3 is 4.42 Å². The monoisotopic (exact) mass is 238 g/mol. The van der Waals surface area contributed by atoms with Gasteiger partial charge in [0.1, 0.15) is 5.92 Å². The minimum Gasteiger partial charge on any atom is -0.461 e. The molecule has 1 aromatic rings. The highest BCUT2D eigenvalue weighted by Crippen LogP contribution is 2.20. The molecular formula is C10H10N2O5. The van der Waals surface area contributed by atoms with Crippen LogP contribution in [0.2, 0.25) is 0 Å². The molecule has 7 nitrogen and oxygen atoms in total. The molecule has 1 aliphatic heterocycles. The van der Waals surface area contributed by atoms with Crippen molar-refractivity contribution in [1.82, 2.24) is 5.32 Å². The Labute approximate surface area is 95.9 Å². The summed E-state index contributed by atoms with van der Waals surface area (Å²) in [7, 11) is 0. The highest BCUT2D eigenvalue weighted by Gasteiger charge is 2.38. The number of nitro groups is 1. The molecule has 2 atom stereocenters. The quantitative estimate of drug-likeness (QED) is 0.359. The number of nitrogens with one attached hydrogen (secondary N) is 1. The second-order valence-electron chi connectivity index (χ2n) is 3.78. The Kier molecular flexibility index (Phi) is 2.90. The van der Waals surface area contributed by atoms with E-state index < -0.39 is 28.7 Å². The zero-order valence-corrected chi connectivity index (χ0v) is 8.79. The van der Waals surface area contributed by atoms with Crippen LogP contribution < -0.4 is 5.32 Å².